The van der Waals surface area contributed by atoms with Gasteiger partial charge in [0, 0.05) is 6.42 Å². The molecule has 2 atom stereocenters. The molecule has 0 amide bonds. The standard InChI is InChI=1S/C8H18O3P/c1-3-5-6-7-8(9)12(10)11-4-2/h8-9H,3-7H2,1-2H3/q+1. The van der Waals surface area contributed by atoms with Gasteiger partial charge in [-0.2, -0.15) is 0 Å². The first-order valence-electron chi connectivity index (χ1n) is 4.49. The lowest BCUT2D eigenvalue weighted by Gasteiger charge is -1.97. The fourth-order valence-electron chi connectivity index (χ4n) is 0.896. The molecule has 0 rings (SSSR count). The number of aliphatic hydroxyl groups excluding tert-OH is 1. The lowest BCUT2D eigenvalue weighted by atomic mass is 10.2. The van der Waals surface area contributed by atoms with Crippen LogP contribution in [0.25, 0.3) is 0 Å². The summed E-state index contributed by atoms with van der Waals surface area (Å²) in [5.41, 5.74) is 0. The van der Waals surface area contributed by atoms with Crippen LogP contribution in [0.3, 0.4) is 0 Å². The van der Waals surface area contributed by atoms with Crippen LogP contribution in [-0.4, -0.2) is 17.6 Å². The fourth-order valence-corrected chi connectivity index (χ4v) is 1.72. The van der Waals surface area contributed by atoms with E-state index in [0.29, 0.717) is 13.0 Å². The molecule has 0 aliphatic carbocycles. The van der Waals surface area contributed by atoms with Gasteiger partial charge in [-0.1, -0.05) is 19.8 Å². The monoisotopic (exact) mass is 193 g/mol. The molecular formula is C8H18O3P+. The van der Waals surface area contributed by atoms with E-state index < -0.39 is 13.9 Å². The molecule has 0 bridgehead atoms. The molecule has 0 aromatic rings. The van der Waals surface area contributed by atoms with Gasteiger partial charge in [-0.05, 0) is 17.9 Å². The third-order valence-corrected chi connectivity index (χ3v) is 2.82. The van der Waals surface area contributed by atoms with E-state index >= 15 is 0 Å². The summed E-state index contributed by atoms with van der Waals surface area (Å²) in [4.78, 5) is 0. The molecule has 4 heteroatoms. The van der Waals surface area contributed by atoms with Crippen molar-refractivity contribution in [2.75, 3.05) is 6.61 Å². The highest BCUT2D eigenvalue weighted by Gasteiger charge is 2.28. The van der Waals surface area contributed by atoms with Gasteiger partial charge >= 0.3 is 8.03 Å². The van der Waals surface area contributed by atoms with E-state index in [9.17, 15) is 9.67 Å². The highest BCUT2D eigenvalue weighted by molar-refractivity contribution is 7.39. The zero-order valence-corrected chi connectivity index (χ0v) is 8.72. The summed E-state index contributed by atoms with van der Waals surface area (Å²) >= 11 is 0. The number of hydrogen-bond donors (Lipinski definition) is 1. The van der Waals surface area contributed by atoms with E-state index in [-0.39, 0.29) is 0 Å². The molecule has 72 valence electrons. The summed E-state index contributed by atoms with van der Waals surface area (Å²) in [5.74, 6) is -0.772. The van der Waals surface area contributed by atoms with Gasteiger partial charge in [0.15, 0.2) is 0 Å². The quantitative estimate of drug-likeness (QED) is 0.499. The molecule has 0 spiro atoms. The molecule has 12 heavy (non-hydrogen) atoms. The van der Waals surface area contributed by atoms with Crippen LogP contribution in [-0.2, 0) is 9.09 Å². The smallest absolute Gasteiger partial charge is 0.349 e. The second-order valence-electron chi connectivity index (χ2n) is 2.68. The van der Waals surface area contributed by atoms with Gasteiger partial charge in [-0.15, -0.1) is 4.52 Å². The Labute approximate surface area is 75.0 Å². The predicted octanol–water partition coefficient (Wildman–Crippen LogP) is 2.66. The molecule has 0 aromatic carbocycles. The molecule has 0 saturated carbocycles. The maximum absolute atomic E-state index is 11.0. The van der Waals surface area contributed by atoms with E-state index in [1.807, 2.05) is 0 Å². The Morgan fingerprint density at radius 2 is 2.08 bits per heavy atom. The van der Waals surface area contributed by atoms with Crippen LogP contribution in [0.5, 0.6) is 0 Å². The number of hydrogen-bond acceptors (Lipinski definition) is 3. The average Bonchev–Trinajstić information content (AvgIpc) is 2.05. The highest BCUT2D eigenvalue weighted by atomic mass is 31.1. The predicted molar refractivity (Wildman–Crippen MR) is 49.4 cm³/mol. The van der Waals surface area contributed by atoms with Crippen molar-refractivity contribution in [3.05, 3.63) is 0 Å². The first-order chi connectivity index (χ1) is 5.72. The number of aliphatic hydroxyl groups is 1. The Morgan fingerprint density at radius 3 is 2.58 bits per heavy atom. The molecule has 0 aliphatic heterocycles. The SMILES string of the molecule is CCCCCC(O)[P+](=O)OCC. The summed E-state index contributed by atoms with van der Waals surface area (Å²) in [7, 11) is -1.85. The molecule has 3 nitrogen and oxygen atoms in total. The molecule has 2 unspecified atom stereocenters. The Morgan fingerprint density at radius 1 is 1.42 bits per heavy atom. The van der Waals surface area contributed by atoms with Crippen molar-refractivity contribution in [1.82, 2.24) is 0 Å². The molecule has 0 aromatic heterocycles. The normalized spacial score (nSPS) is 14.4. The lowest BCUT2D eigenvalue weighted by Crippen LogP contribution is -2.01. The molecule has 0 fully saturated rings. The summed E-state index contributed by atoms with van der Waals surface area (Å²) < 4.78 is 15.8. The van der Waals surface area contributed by atoms with Gasteiger partial charge in [0.05, 0.1) is 6.61 Å². The molecular weight excluding hydrogens is 175 g/mol. The Balaban J connectivity index is 3.42. The topological polar surface area (TPSA) is 46.5 Å². The maximum atomic E-state index is 11.0. The van der Waals surface area contributed by atoms with Crippen LogP contribution in [0.1, 0.15) is 39.5 Å². The van der Waals surface area contributed by atoms with Crippen LogP contribution in [0.15, 0.2) is 0 Å². The average molecular weight is 193 g/mol. The maximum Gasteiger partial charge on any atom is 0.540 e. The summed E-state index contributed by atoms with van der Waals surface area (Å²) in [6, 6.07) is 0. The number of rotatable bonds is 7. The Bertz CT molecular complexity index is 127. The van der Waals surface area contributed by atoms with E-state index in [1.165, 1.54) is 0 Å². The summed E-state index contributed by atoms with van der Waals surface area (Å²) in [6.45, 7) is 4.26. The van der Waals surface area contributed by atoms with E-state index in [2.05, 4.69) is 6.92 Å². The van der Waals surface area contributed by atoms with E-state index in [4.69, 9.17) is 4.52 Å². The van der Waals surface area contributed by atoms with Gasteiger partial charge < -0.3 is 5.11 Å². The molecule has 0 heterocycles. The van der Waals surface area contributed by atoms with Gasteiger partial charge in [0.2, 0.25) is 0 Å². The number of unbranched alkanes of at least 4 members (excludes halogenated alkanes) is 2. The second-order valence-corrected chi connectivity index (χ2v) is 4.10. The second kappa shape index (κ2) is 7.66. The van der Waals surface area contributed by atoms with E-state index in [1.54, 1.807) is 6.92 Å². The van der Waals surface area contributed by atoms with Gasteiger partial charge in [0.25, 0.3) is 5.85 Å². The van der Waals surface area contributed by atoms with Gasteiger partial charge in [0.1, 0.15) is 0 Å². The van der Waals surface area contributed by atoms with Crippen LogP contribution in [0.2, 0.25) is 0 Å². The zero-order valence-electron chi connectivity index (χ0n) is 7.82. The van der Waals surface area contributed by atoms with Gasteiger partial charge in [-0.3, -0.25) is 0 Å². The van der Waals surface area contributed by atoms with Crippen LogP contribution >= 0.6 is 8.03 Å². The van der Waals surface area contributed by atoms with Crippen LogP contribution in [0.4, 0.5) is 0 Å². The van der Waals surface area contributed by atoms with Crippen molar-refractivity contribution < 1.29 is 14.2 Å². The minimum atomic E-state index is -1.85. The van der Waals surface area contributed by atoms with Crippen molar-refractivity contribution in [1.29, 1.82) is 0 Å². The van der Waals surface area contributed by atoms with Crippen LogP contribution in [0, 0.1) is 0 Å². The third-order valence-electron chi connectivity index (χ3n) is 1.57. The molecule has 0 saturated heterocycles. The Hall–Kier alpha value is 0.0200. The fraction of sp³-hybridized carbons (Fsp3) is 1.00. The largest absolute Gasteiger partial charge is 0.540 e. The third kappa shape index (κ3) is 5.64. The summed E-state index contributed by atoms with van der Waals surface area (Å²) in [5, 5.41) is 9.27. The summed E-state index contributed by atoms with van der Waals surface area (Å²) in [6.07, 6.45) is 3.69. The van der Waals surface area contributed by atoms with Crippen molar-refractivity contribution in [2.24, 2.45) is 0 Å². The molecule has 0 aliphatic rings. The van der Waals surface area contributed by atoms with Crippen molar-refractivity contribution in [3.63, 3.8) is 0 Å². The highest BCUT2D eigenvalue weighted by Crippen LogP contribution is 2.30. The molecule has 1 N–H and O–H groups in total. The van der Waals surface area contributed by atoms with Gasteiger partial charge in [-0.25, -0.2) is 0 Å². The van der Waals surface area contributed by atoms with Crippen molar-refractivity contribution in [2.45, 2.75) is 45.4 Å². The first kappa shape index (κ1) is 12.0. The lowest BCUT2D eigenvalue weighted by molar-refractivity contribution is 0.209. The van der Waals surface area contributed by atoms with Crippen LogP contribution < -0.4 is 0 Å². The minimum Gasteiger partial charge on any atom is -0.349 e. The zero-order chi connectivity index (χ0) is 9.40. The first-order valence-corrected chi connectivity index (χ1v) is 5.74. The van der Waals surface area contributed by atoms with E-state index in [0.717, 1.165) is 19.3 Å². The Kier molecular flexibility index (Phi) is 7.67. The van der Waals surface area contributed by atoms with Crippen molar-refractivity contribution >= 4 is 8.03 Å². The minimum absolute atomic E-state index is 0.403. The van der Waals surface area contributed by atoms with Crippen molar-refractivity contribution in [3.8, 4) is 0 Å². The molecule has 0 radical (unpaired) electrons.